The lowest BCUT2D eigenvalue weighted by atomic mass is 10.2. The molecule has 1 aliphatic carbocycles. The van der Waals surface area contributed by atoms with Gasteiger partial charge in [-0.05, 0) is 32.8 Å². The molecule has 3 rings (SSSR count). The Hall–Kier alpha value is -1.54. The molecular formula is C17H25F3N4O. The number of alkyl halides is 3. The molecule has 0 radical (unpaired) electrons. The zero-order chi connectivity index (χ0) is 18.2. The van der Waals surface area contributed by atoms with Gasteiger partial charge in [-0.15, -0.1) is 0 Å². The van der Waals surface area contributed by atoms with Gasteiger partial charge in [0.05, 0.1) is 5.56 Å². The number of amides is 1. The molecule has 1 aromatic rings. The quantitative estimate of drug-likeness (QED) is 0.847. The first-order valence-corrected chi connectivity index (χ1v) is 8.77. The number of nitrogens with zero attached hydrogens (tertiary/aromatic N) is 2. The highest BCUT2D eigenvalue weighted by Crippen LogP contribution is 2.38. The Morgan fingerprint density at radius 2 is 1.96 bits per heavy atom. The van der Waals surface area contributed by atoms with Crippen LogP contribution in [-0.4, -0.2) is 60.3 Å². The van der Waals surface area contributed by atoms with Gasteiger partial charge in [0.25, 0.3) is 5.91 Å². The number of hydrogen-bond acceptors (Lipinski definition) is 3. The fourth-order valence-electron chi connectivity index (χ4n) is 3.63. The second kappa shape index (κ2) is 6.99. The van der Waals surface area contributed by atoms with E-state index in [1.54, 1.807) is 6.07 Å². The third-order valence-corrected chi connectivity index (χ3v) is 5.07. The number of rotatable bonds is 5. The summed E-state index contributed by atoms with van der Waals surface area (Å²) in [7, 11) is 0. The lowest BCUT2D eigenvalue weighted by molar-refractivity contribution is -0.183. The van der Waals surface area contributed by atoms with Crippen LogP contribution in [0.25, 0.3) is 0 Å². The van der Waals surface area contributed by atoms with Gasteiger partial charge in [0, 0.05) is 50.2 Å². The minimum absolute atomic E-state index is 0.330. The predicted molar refractivity (Wildman–Crippen MR) is 88.8 cm³/mol. The minimum Gasteiger partial charge on any atom is -0.350 e. The van der Waals surface area contributed by atoms with Crippen LogP contribution in [0.5, 0.6) is 0 Å². The van der Waals surface area contributed by atoms with Crippen LogP contribution in [0.3, 0.4) is 0 Å². The summed E-state index contributed by atoms with van der Waals surface area (Å²) in [4.78, 5) is 13.9. The Morgan fingerprint density at radius 3 is 2.52 bits per heavy atom. The first-order chi connectivity index (χ1) is 11.8. The van der Waals surface area contributed by atoms with E-state index in [1.807, 2.05) is 13.8 Å². The van der Waals surface area contributed by atoms with Gasteiger partial charge in [0.2, 0.25) is 0 Å². The van der Waals surface area contributed by atoms with Crippen molar-refractivity contribution in [3.05, 3.63) is 23.0 Å². The van der Waals surface area contributed by atoms with Crippen molar-refractivity contribution < 1.29 is 18.0 Å². The molecule has 0 aromatic carbocycles. The van der Waals surface area contributed by atoms with Crippen LogP contribution in [0.2, 0.25) is 0 Å². The number of carbonyl (C=O) groups is 1. The Morgan fingerprint density at radius 1 is 1.32 bits per heavy atom. The summed E-state index contributed by atoms with van der Waals surface area (Å²) in [5.74, 6) is -0.426. The number of nitrogens with one attached hydrogen (secondary N) is 2. The Bertz CT molecular complexity index is 631. The summed E-state index contributed by atoms with van der Waals surface area (Å²) in [5, 5.41) is 5.55. The SMILES string of the molecule is Cc1cc(C(=O)NCC(N2CCNCC2)C(F)(F)F)c(C)n1C1CC1. The van der Waals surface area contributed by atoms with Gasteiger partial charge in [0.1, 0.15) is 6.04 Å². The number of piperazine rings is 1. The average Bonchev–Trinajstić information content (AvgIpc) is 3.32. The molecule has 1 atom stereocenters. The van der Waals surface area contributed by atoms with Crippen LogP contribution in [0.4, 0.5) is 13.2 Å². The van der Waals surface area contributed by atoms with Gasteiger partial charge in [0.15, 0.2) is 0 Å². The summed E-state index contributed by atoms with van der Waals surface area (Å²) in [6.45, 7) is 5.09. The van der Waals surface area contributed by atoms with Gasteiger partial charge in [-0.1, -0.05) is 0 Å². The highest BCUT2D eigenvalue weighted by atomic mass is 19.4. The normalized spacial score (nSPS) is 20.5. The van der Waals surface area contributed by atoms with Crippen molar-refractivity contribution in [1.29, 1.82) is 0 Å². The van der Waals surface area contributed by atoms with Crippen molar-refractivity contribution in [3.8, 4) is 0 Å². The third kappa shape index (κ3) is 4.00. The minimum atomic E-state index is -4.37. The lowest BCUT2D eigenvalue weighted by Gasteiger charge is -2.35. The number of halogens is 3. The van der Waals surface area contributed by atoms with Crippen LogP contribution >= 0.6 is 0 Å². The Labute approximate surface area is 145 Å². The number of carbonyl (C=O) groups excluding carboxylic acids is 1. The molecule has 0 bridgehead atoms. The second-order valence-electron chi connectivity index (χ2n) is 6.94. The van der Waals surface area contributed by atoms with Gasteiger partial charge >= 0.3 is 6.18 Å². The molecule has 1 aliphatic heterocycles. The Kier molecular flexibility index (Phi) is 5.11. The van der Waals surface area contributed by atoms with Crippen molar-refractivity contribution in [3.63, 3.8) is 0 Å². The maximum atomic E-state index is 13.4. The molecular weight excluding hydrogens is 333 g/mol. The maximum Gasteiger partial charge on any atom is 0.405 e. The van der Waals surface area contributed by atoms with Crippen LogP contribution in [0, 0.1) is 13.8 Å². The van der Waals surface area contributed by atoms with Gasteiger partial charge in [-0.3, -0.25) is 9.69 Å². The zero-order valence-corrected chi connectivity index (χ0v) is 14.6. The molecule has 1 aromatic heterocycles. The lowest BCUT2D eigenvalue weighted by Crippen LogP contribution is -2.57. The monoisotopic (exact) mass is 358 g/mol. The largest absolute Gasteiger partial charge is 0.405 e. The number of aryl methyl sites for hydroxylation is 1. The molecule has 25 heavy (non-hydrogen) atoms. The molecule has 1 saturated carbocycles. The Balaban J connectivity index is 1.68. The number of aromatic nitrogens is 1. The van der Waals surface area contributed by atoms with Crippen LogP contribution in [-0.2, 0) is 0 Å². The summed E-state index contributed by atoms with van der Waals surface area (Å²) < 4.78 is 42.3. The standard InChI is InChI=1S/C17H25F3N4O/c1-11-9-14(12(2)24(11)13-3-4-13)16(25)22-10-15(17(18,19)20)23-7-5-21-6-8-23/h9,13,15,21H,3-8,10H2,1-2H3,(H,22,25). The third-order valence-electron chi connectivity index (χ3n) is 5.07. The molecule has 8 heteroatoms. The molecule has 1 saturated heterocycles. The van der Waals surface area contributed by atoms with E-state index in [1.165, 1.54) is 4.90 Å². The predicted octanol–water partition coefficient (Wildman–Crippen LogP) is 2.01. The topological polar surface area (TPSA) is 49.3 Å². The van der Waals surface area contributed by atoms with E-state index in [0.717, 1.165) is 24.2 Å². The van der Waals surface area contributed by atoms with Crippen LogP contribution < -0.4 is 10.6 Å². The van der Waals surface area contributed by atoms with E-state index in [0.29, 0.717) is 37.8 Å². The molecule has 1 amide bonds. The fourth-order valence-corrected chi connectivity index (χ4v) is 3.63. The summed E-state index contributed by atoms with van der Waals surface area (Å²) in [6, 6.07) is 0.562. The van der Waals surface area contributed by atoms with Crippen molar-refractivity contribution in [2.45, 2.75) is 44.9 Å². The van der Waals surface area contributed by atoms with E-state index in [2.05, 4.69) is 15.2 Å². The second-order valence-corrected chi connectivity index (χ2v) is 6.94. The van der Waals surface area contributed by atoms with Crippen molar-refractivity contribution >= 4 is 5.91 Å². The number of hydrogen-bond donors (Lipinski definition) is 2. The van der Waals surface area contributed by atoms with E-state index in [9.17, 15) is 18.0 Å². The summed E-state index contributed by atoms with van der Waals surface area (Å²) in [6.07, 6.45) is -2.18. The smallest absolute Gasteiger partial charge is 0.350 e. The average molecular weight is 358 g/mol. The highest BCUT2D eigenvalue weighted by molar-refractivity contribution is 5.95. The van der Waals surface area contributed by atoms with E-state index >= 15 is 0 Å². The molecule has 2 heterocycles. The van der Waals surface area contributed by atoms with Crippen molar-refractivity contribution in [2.75, 3.05) is 32.7 Å². The molecule has 2 aliphatic rings. The zero-order valence-electron chi connectivity index (χ0n) is 14.6. The molecule has 0 spiro atoms. The highest BCUT2D eigenvalue weighted by Gasteiger charge is 2.44. The van der Waals surface area contributed by atoms with Gasteiger partial charge in [-0.2, -0.15) is 13.2 Å². The van der Waals surface area contributed by atoms with E-state index in [4.69, 9.17) is 0 Å². The van der Waals surface area contributed by atoms with Crippen LogP contribution in [0.1, 0.15) is 40.6 Å². The van der Waals surface area contributed by atoms with E-state index in [-0.39, 0.29) is 0 Å². The fraction of sp³-hybridized carbons (Fsp3) is 0.706. The van der Waals surface area contributed by atoms with Crippen molar-refractivity contribution in [1.82, 2.24) is 20.1 Å². The first kappa shape index (κ1) is 18.3. The van der Waals surface area contributed by atoms with Crippen LogP contribution in [0.15, 0.2) is 6.07 Å². The summed E-state index contributed by atoms with van der Waals surface area (Å²) in [5.41, 5.74) is 2.30. The van der Waals surface area contributed by atoms with Crippen molar-refractivity contribution in [2.24, 2.45) is 0 Å². The molecule has 5 nitrogen and oxygen atoms in total. The van der Waals surface area contributed by atoms with Gasteiger partial charge < -0.3 is 15.2 Å². The van der Waals surface area contributed by atoms with Gasteiger partial charge in [-0.25, -0.2) is 0 Å². The molecule has 2 fully saturated rings. The summed E-state index contributed by atoms with van der Waals surface area (Å²) >= 11 is 0. The molecule has 2 N–H and O–H groups in total. The molecule has 140 valence electrons. The van der Waals surface area contributed by atoms with E-state index < -0.39 is 24.7 Å². The molecule has 1 unspecified atom stereocenters. The maximum absolute atomic E-state index is 13.4. The first-order valence-electron chi connectivity index (χ1n) is 8.77.